The number of nitrogens with one attached hydrogen (secondary N) is 1. The predicted octanol–water partition coefficient (Wildman–Crippen LogP) is 3.98. The summed E-state index contributed by atoms with van der Waals surface area (Å²) in [5, 5.41) is 7.22. The number of amides is 1. The van der Waals surface area contributed by atoms with Crippen LogP contribution in [0.2, 0.25) is 0 Å². The quantitative estimate of drug-likeness (QED) is 0.539. The second kappa shape index (κ2) is 7.44. The third-order valence-electron chi connectivity index (χ3n) is 4.47. The molecule has 0 radical (unpaired) electrons. The van der Waals surface area contributed by atoms with Gasteiger partial charge >= 0.3 is 0 Å². The van der Waals surface area contributed by atoms with E-state index in [1.54, 1.807) is 29.0 Å². The first-order valence-electron chi connectivity index (χ1n) is 9.00. The molecule has 0 aliphatic rings. The molecule has 1 amide bonds. The fourth-order valence-corrected chi connectivity index (χ4v) is 2.99. The Morgan fingerprint density at radius 3 is 2.46 bits per heavy atom. The van der Waals surface area contributed by atoms with Crippen molar-refractivity contribution >= 4 is 23.0 Å². The number of rotatable bonds is 5. The van der Waals surface area contributed by atoms with E-state index in [-0.39, 0.29) is 11.7 Å². The van der Waals surface area contributed by atoms with E-state index in [1.807, 2.05) is 55.5 Å². The average Bonchev–Trinajstić information content (AvgIpc) is 3.18. The number of carbonyl (C=O) groups excluding carboxylic acids is 2. The van der Waals surface area contributed by atoms with E-state index in [2.05, 4.69) is 15.4 Å². The lowest BCUT2D eigenvalue weighted by Crippen LogP contribution is -2.09. The van der Waals surface area contributed by atoms with Crippen LogP contribution in [0.4, 0.5) is 5.69 Å². The second-order valence-corrected chi connectivity index (χ2v) is 6.30. The van der Waals surface area contributed by atoms with Crippen molar-refractivity contribution in [2.45, 2.75) is 13.3 Å². The Hall–Kier alpha value is -3.80. The minimum Gasteiger partial charge on any atom is -0.326 e. The first kappa shape index (κ1) is 17.6. The summed E-state index contributed by atoms with van der Waals surface area (Å²) in [6.45, 7) is 1.81. The molecule has 0 saturated heterocycles. The van der Waals surface area contributed by atoms with Gasteiger partial charge in [-0.2, -0.15) is 5.10 Å². The lowest BCUT2D eigenvalue weighted by molar-refractivity contribution is -0.115. The third-order valence-corrected chi connectivity index (χ3v) is 4.47. The maximum absolute atomic E-state index is 12.8. The molecule has 6 heteroatoms. The number of benzene rings is 2. The van der Waals surface area contributed by atoms with Gasteiger partial charge in [0.1, 0.15) is 0 Å². The van der Waals surface area contributed by atoms with Gasteiger partial charge in [0.2, 0.25) is 5.91 Å². The molecule has 0 spiro atoms. The first-order valence-corrected chi connectivity index (χ1v) is 9.00. The van der Waals surface area contributed by atoms with Gasteiger partial charge in [0.25, 0.3) is 0 Å². The van der Waals surface area contributed by atoms with E-state index in [9.17, 15) is 9.59 Å². The van der Waals surface area contributed by atoms with E-state index in [0.717, 1.165) is 16.9 Å². The Bertz CT molecular complexity index is 1150. The van der Waals surface area contributed by atoms with Crippen LogP contribution in [0.15, 0.2) is 73.1 Å². The molecular formula is C22H18N4O2. The summed E-state index contributed by atoms with van der Waals surface area (Å²) < 4.78 is 1.66. The molecule has 0 aliphatic carbocycles. The van der Waals surface area contributed by atoms with Crippen molar-refractivity contribution in [3.8, 4) is 11.3 Å². The van der Waals surface area contributed by atoms with E-state index in [1.165, 1.54) is 0 Å². The minimum absolute atomic E-state index is 0.0322. The van der Waals surface area contributed by atoms with Crippen LogP contribution >= 0.6 is 0 Å². The van der Waals surface area contributed by atoms with Gasteiger partial charge in [-0.1, -0.05) is 49.4 Å². The maximum Gasteiger partial charge on any atom is 0.224 e. The van der Waals surface area contributed by atoms with Crippen molar-refractivity contribution < 1.29 is 9.59 Å². The van der Waals surface area contributed by atoms with Gasteiger partial charge in [-0.3, -0.25) is 9.59 Å². The van der Waals surface area contributed by atoms with Crippen LogP contribution in [0.25, 0.3) is 16.9 Å². The number of carbonyl (C=O) groups is 2. The standard InChI is InChI=1S/C22H18N4O2/c1-2-20(27)25-17-10-8-15(9-11-17)19-12-13-23-22-18(14-24-26(19)22)21(28)16-6-4-3-5-7-16/h3-14H,2H2,1H3,(H,25,27). The molecule has 4 aromatic rings. The molecule has 2 heterocycles. The van der Waals surface area contributed by atoms with Crippen molar-refractivity contribution in [1.29, 1.82) is 0 Å². The molecule has 2 aromatic heterocycles. The maximum atomic E-state index is 12.8. The smallest absolute Gasteiger partial charge is 0.224 e. The van der Waals surface area contributed by atoms with Crippen molar-refractivity contribution in [2.24, 2.45) is 0 Å². The largest absolute Gasteiger partial charge is 0.326 e. The average molecular weight is 370 g/mol. The topological polar surface area (TPSA) is 76.4 Å². The molecule has 1 N–H and O–H groups in total. The van der Waals surface area contributed by atoms with E-state index >= 15 is 0 Å². The number of nitrogens with zero attached hydrogens (tertiary/aromatic N) is 3. The summed E-state index contributed by atoms with van der Waals surface area (Å²) in [5.74, 6) is -0.145. The Morgan fingerprint density at radius 1 is 1.00 bits per heavy atom. The normalized spacial score (nSPS) is 10.8. The SMILES string of the molecule is CCC(=O)Nc1ccc(-c2ccnc3c(C(=O)c4ccccc4)cnn23)cc1. The summed E-state index contributed by atoms with van der Waals surface area (Å²) in [7, 11) is 0. The van der Waals surface area contributed by atoms with Crippen LogP contribution in [0.1, 0.15) is 29.3 Å². The zero-order chi connectivity index (χ0) is 19.5. The highest BCUT2D eigenvalue weighted by Crippen LogP contribution is 2.24. The number of anilines is 1. The van der Waals surface area contributed by atoms with Gasteiger partial charge in [0.15, 0.2) is 11.4 Å². The molecular weight excluding hydrogens is 352 g/mol. The van der Waals surface area contributed by atoms with Crippen molar-refractivity contribution in [2.75, 3.05) is 5.32 Å². The number of hydrogen-bond donors (Lipinski definition) is 1. The number of aromatic nitrogens is 3. The summed E-state index contributed by atoms with van der Waals surface area (Å²) in [6, 6.07) is 18.4. The lowest BCUT2D eigenvalue weighted by atomic mass is 10.1. The Kier molecular flexibility index (Phi) is 4.68. The fourth-order valence-electron chi connectivity index (χ4n) is 2.99. The van der Waals surface area contributed by atoms with Crippen LogP contribution in [0.5, 0.6) is 0 Å². The molecule has 28 heavy (non-hydrogen) atoms. The van der Waals surface area contributed by atoms with Crippen LogP contribution in [-0.4, -0.2) is 26.3 Å². The molecule has 0 saturated carbocycles. The highest BCUT2D eigenvalue weighted by molar-refractivity contribution is 6.12. The highest BCUT2D eigenvalue weighted by atomic mass is 16.1. The molecule has 138 valence electrons. The van der Waals surface area contributed by atoms with Gasteiger partial charge in [-0.15, -0.1) is 0 Å². The summed E-state index contributed by atoms with van der Waals surface area (Å²) >= 11 is 0. The van der Waals surface area contributed by atoms with Gasteiger partial charge in [-0.05, 0) is 18.2 Å². The fraction of sp³-hybridized carbons (Fsp3) is 0.0909. The minimum atomic E-state index is -0.113. The summed E-state index contributed by atoms with van der Waals surface area (Å²) in [6.07, 6.45) is 3.65. The molecule has 0 fully saturated rings. The van der Waals surface area contributed by atoms with Gasteiger partial charge in [0.05, 0.1) is 17.5 Å². The van der Waals surface area contributed by atoms with Crippen LogP contribution in [-0.2, 0) is 4.79 Å². The van der Waals surface area contributed by atoms with E-state index < -0.39 is 0 Å². The van der Waals surface area contributed by atoms with Crippen molar-refractivity contribution in [3.05, 3.63) is 84.2 Å². The van der Waals surface area contributed by atoms with E-state index in [0.29, 0.717) is 23.2 Å². The molecule has 0 aliphatic heterocycles. The molecule has 0 atom stereocenters. The van der Waals surface area contributed by atoms with Gasteiger partial charge in [0, 0.05) is 29.4 Å². The Morgan fingerprint density at radius 2 is 1.75 bits per heavy atom. The third kappa shape index (κ3) is 3.27. The molecule has 4 rings (SSSR count). The predicted molar refractivity (Wildman–Crippen MR) is 107 cm³/mol. The van der Waals surface area contributed by atoms with E-state index in [4.69, 9.17) is 0 Å². The molecule has 2 aromatic carbocycles. The van der Waals surface area contributed by atoms with Crippen LogP contribution in [0.3, 0.4) is 0 Å². The van der Waals surface area contributed by atoms with Crippen LogP contribution < -0.4 is 5.32 Å². The van der Waals surface area contributed by atoms with Crippen molar-refractivity contribution in [3.63, 3.8) is 0 Å². The lowest BCUT2D eigenvalue weighted by Gasteiger charge is -2.07. The zero-order valence-electron chi connectivity index (χ0n) is 15.3. The van der Waals surface area contributed by atoms with Gasteiger partial charge in [-0.25, -0.2) is 9.50 Å². The Balaban J connectivity index is 1.71. The number of hydrogen-bond acceptors (Lipinski definition) is 4. The number of fused-ring (bicyclic) bond motifs is 1. The zero-order valence-corrected chi connectivity index (χ0v) is 15.3. The molecule has 6 nitrogen and oxygen atoms in total. The summed E-state index contributed by atoms with van der Waals surface area (Å²) in [5.41, 5.74) is 4.02. The molecule has 0 bridgehead atoms. The summed E-state index contributed by atoms with van der Waals surface area (Å²) in [4.78, 5) is 28.7. The van der Waals surface area contributed by atoms with Gasteiger partial charge < -0.3 is 5.32 Å². The first-order chi connectivity index (χ1) is 13.7. The number of ketones is 1. The van der Waals surface area contributed by atoms with Crippen LogP contribution in [0, 0.1) is 0 Å². The van der Waals surface area contributed by atoms with Crippen molar-refractivity contribution in [1.82, 2.24) is 14.6 Å². The Labute approximate surface area is 161 Å². The second-order valence-electron chi connectivity index (χ2n) is 6.30. The highest BCUT2D eigenvalue weighted by Gasteiger charge is 2.17. The monoisotopic (exact) mass is 370 g/mol. The molecule has 0 unspecified atom stereocenters.